The highest BCUT2D eigenvalue weighted by Crippen LogP contribution is 2.40. The van der Waals surface area contributed by atoms with Gasteiger partial charge in [0.15, 0.2) is 5.76 Å². The Balaban J connectivity index is 1.64. The quantitative estimate of drug-likeness (QED) is 0.838. The SMILES string of the molecule is CC1CC(C)CN(Cc2c(O)ccc3c2O/C(=C/c2ccccn2)C3=O)C1. The zero-order valence-corrected chi connectivity index (χ0v) is 15.7. The largest absolute Gasteiger partial charge is 0.507 e. The summed E-state index contributed by atoms with van der Waals surface area (Å²) in [5, 5.41) is 10.4. The molecular formula is C22H24N2O3. The molecule has 5 heteroatoms. The molecule has 0 bridgehead atoms. The molecule has 2 atom stereocenters. The third kappa shape index (κ3) is 3.60. The van der Waals surface area contributed by atoms with Crippen LogP contribution in [0, 0.1) is 11.8 Å². The van der Waals surface area contributed by atoms with Gasteiger partial charge in [0, 0.05) is 31.9 Å². The van der Waals surface area contributed by atoms with Crippen LogP contribution in [0.1, 0.15) is 41.9 Å². The number of piperidine rings is 1. The molecule has 1 saturated heterocycles. The number of allylic oxidation sites excluding steroid dienone is 1. The van der Waals surface area contributed by atoms with E-state index in [-0.39, 0.29) is 17.3 Å². The van der Waals surface area contributed by atoms with E-state index in [2.05, 4.69) is 23.7 Å². The van der Waals surface area contributed by atoms with E-state index in [0.29, 0.717) is 41.0 Å². The molecule has 27 heavy (non-hydrogen) atoms. The lowest BCUT2D eigenvalue weighted by Crippen LogP contribution is -2.38. The number of Topliss-reactive ketones (excluding diaryl/α,β-unsaturated/α-hetero) is 1. The van der Waals surface area contributed by atoms with Gasteiger partial charge in [-0.25, -0.2) is 0 Å². The lowest BCUT2D eigenvalue weighted by Gasteiger charge is -2.35. The number of likely N-dealkylation sites (tertiary alicyclic amines) is 1. The van der Waals surface area contributed by atoms with Crippen molar-refractivity contribution in [1.29, 1.82) is 0 Å². The Morgan fingerprint density at radius 2 is 2.00 bits per heavy atom. The van der Waals surface area contributed by atoms with Gasteiger partial charge in [0.2, 0.25) is 5.78 Å². The Kier molecular flexibility index (Phi) is 4.70. The van der Waals surface area contributed by atoms with E-state index in [1.807, 2.05) is 18.2 Å². The lowest BCUT2D eigenvalue weighted by atomic mass is 9.91. The monoisotopic (exact) mass is 364 g/mol. The number of fused-ring (bicyclic) bond motifs is 1. The second-order valence-electron chi connectivity index (χ2n) is 7.77. The number of carbonyl (C=O) groups excluding carboxylic acids is 1. The number of rotatable bonds is 3. The van der Waals surface area contributed by atoms with Gasteiger partial charge in [-0.3, -0.25) is 14.7 Å². The minimum absolute atomic E-state index is 0.169. The number of phenols is 1. The zero-order chi connectivity index (χ0) is 19.0. The van der Waals surface area contributed by atoms with Crippen LogP contribution in [0.3, 0.4) is 0 Å². The third-order valence-corrected chi connectivity index (χ3v) is 5.21. The molecule has 1 N–H and O–H groups in total. The van der Waals surface area contributed by atoms with Gasteiger partial charge in [-0.05, 0) is 42.5 Å². The number of ether oxygens (including phenoxy) is 1. The Hall–Kier alpha value is -2.66. The Bertz CT molecular complexity index is 882. The Labute approximate surface area is 159 Å². The first-order chi connectivity index (χ1) is 13.0. The van der Waals surface area contributed by atoms with Crippen LogP contribution in [-0.2, 0) is 6.54 Å². The minimum Gasteiger partial charge on any atom is -0.507 e. The van der Waals surface area contributed by atoms with Crippen LogP contribution in [-0.4, -0.2) is 33.9 Å². The molecule has 4 rings (SSSR count). The standard InChI is InChI=1S/C22H24N2O3/c1-14-9-15(2)12-24(11-14)13-18-19(25)7-6-17-21(26)20(27-22(17)18)10-16-5-3-4-8-23-16/h3-8,10,14-15,25H,9,11-13H2,1-2H3/b20-10+. The maximum absolute atomic E-state index is 12.7. The summed E-state index contributed by atoms with van der Waals surface area (Å²) in [6.45, 7) is 7.06. The molecule has 1 fully saturated rings. The number of hydrogen-bond donors (Lipinski definition) is 1. The molecule has 2 aliphatic heterocycles. The van der Waals surface area contributed by atoms with Crippen molar-refractivity contribution in [2.24, 2.45) is 11.8 Å². The molecule has 0 saturated carbocycles. The average molecular weight is 364 g/mol. The summed E-state index contributed by atoms with van der Waals surface area (Å²) in [6, 6.07) is 8.74. The topological polar surface area (TPSA) is 62.7 Å². The van der Waals surface area contributed by atoms with Crippen LogP contribution in [0.5, 0.6) is 11.5 Å². The summed E-state index contributed by atoms with van der Waals surface area (Å²) >= 11 is 0. The number of carbonyl (C=O) groups is 1. The predicted octanol–water partition coefficient (Wildman–Crippen LogP) is 3.88. The number of benzene rings is 1. The highest BCUT2D eigenvalue weighted by molar-refractivity contribution is 6.14. The van der Waals surface area contributed by atoms with Crippen LogP contribution < -0.4 is 4.74 Å². The van der Waals surface area contributed by atoms with E-state index < -0.39 is 0 Å². The fourth-order valence-corrected chi connectivity index (χ4v) is 4.19. The molecule has 0 amide bonds. The summed E-state index contributed by atoms with van der Waals surface area (Å²) in [5.74, 6) is 1.97. The molecule has 140 valence electrons. The van der Waals surface area contributed by atoms with Crippen molar-refractivity contribution >= 4 is 11.9 Å². The van der Waals surface area contributed by atoms with Crippen molar-refractivity contribution in [1.82, 2.24) is 9.88 Å². The maximum atomic E-state index is 12.7. The van der Waals surface area contributed by atoms with Crippen molar-refractivity contribution in [3.05, 3.63) is 59.1 Å². The molecule has 5 nitrogen and oxygen atoms in total. The lowest BCUT2D eigenvalue weighted by molar-refractivity contribution is 0.101. The van der Waals surface area contributed by atoms with Crippen LogP contribution in [0.2, 0.25) is 0 Å². The summed E-state index contributed by atoms with van der Waals surface area (Å²) in [4.78, 5) is 19.3. The number of pyridine rings is 1. The summed E-state index contributed by atoms with van der Waals surface area (Å²) < 4.78 is 5.92. The van der Waals surface area contributed by atoms with Gasteiger partial charge in [0.05, 0.1) is 16.8 Å². The zero-order valence-electron chi connectivity index (χ0n) is 15.7. The van der Waals surface area contributed by atoms with Crippen LogP contribution >= 0.6 is 0 Å². The number of hydrogen-bond acceptors (Lipinski definition) is 5. The van der Waals surface area contributed by atoms with Crippen molar-refractivity contribution in [3.63, 3.8) is 0 Å². The predicted molar refractivity (Wildman–Crippen MR) is 104 cm³/mol. The molecule has 2 aliphatic rings. The fourth-order valence-electron chi connectivity index (χ4n) is 4.19. The van der Waals surface area contributed by atoms with Crippen molar-refractivity contribution in [2.45, 2.75) is 26.8 Å². The van der Waals surface area contributed by atoms with Crippen LogP contribution in [0.15, 0.2) is 42.3 Å². The maximum Gasteiger partial charge on any atom is 0.232 e. The van der Waals surface area contributed by atoms with Crippen molar-refractivity contribution in [3.8, 4) is 11.5 Å². The Morgan fingerprint density at radius 1 is 1.22 bits per heavy atom. The molecule has 0 radical (unpaired) electrons. The number of ketones is 1. The summed E-state index contributed by atoms with van der Waals surface area (Å²) in [7, 11) is 0. The molecule has 1 aromatic heterocycles. The van der Waals surface area contributed by atoms with Crippen LogP contribution in [0.25, 0.3) is 6.08 Å². The van der Waals surface area contributed by atoms with Gasteiger partial charge >= 0.3 is 0 Å². The second-order valence-corrected chi connectivity index (χ2v) is 7.77. The molecular weight excluding hydrogens is 340 g/mol. The smallest absolute Gasteiger partial charge is 0.232 e. The average Bonchev–Trinajstić information content (AvgIpc) is 2.94. The van der Waals surface area contributed by atoms with E-state index in [4.69, 9.17) is 4.74 Å². The van der Waals surface area contributed by atoms with E-state index in [1.165, 1.54) is 6.42 Å². The fraction of sp³-hybridized carbons (Fsp3) is 0.364. The highest BCUT2D eigenvalue weighted by atomic mass is 16.5. The first-order valence-corrected chi connectivity index (χ1v) is 9.43. The third-order valence-electron chi connectivity index (χ3n) is 5.21. The van der Waals surface area contributed by atoms with E-state index >= 15 is 0 Å². The first-order valence-electron chi connectivity index (χ1n) is 9.43. The second kappa shape index (κ2) is 7.16. The molecule has 3 heterocycles. The van der Waals surface area contributed by atoms with E-state index in [1.54, 1.807) is 24.4 Å². The first kappa shape index (κ1) is 17.7. The highest BCUT2D eigenvalue weighted by Gasteiger charge is 2.32. The number of aromatic hydroxyl groups is 1. The van der Waals surface area contributed by atoms with Gasteiger partial charge in [-0.2, -0.15) is 0 Å². The van der Waals surface area contributed by atoms with Crippen molar-refractivity contribution in [2.75, 3.05) is 13.1 Å². The molecule has 2 aromatic rings. The molecule has 2 unspecified atom stereocenters. The van der Waals surface area contributed by atoms with Gasteiger partial charge in [-0.15, -0.1) is 0 Å². The minimum atomic E-state index is -0.169. The number of aromatic nitrogens is 1. The molecule has 0 spiro atoms. The van der Waals surface area contributed by atoms with Gasteiger partial charge in [-0.1, -0.05) is 19.9 Å². The van der Waals surface area contributed by atoms with Gasteiger partial charge in [0.25, 0.3) is 0 Å². The Morgan fingerprint density at radius 3 is 2.70 bits per heavy atom. The number of phenolic OH excluding ortho intramolecular Hbond substituents is 1. The summed E-state index contributed by atoms with van der Waals surface area (Å²) in [5.41, 5.74) is 1.85. The molecule has 0 aliphatic carbocycles. The summed E-state index contributed by atoms with van der Waals surface area (Å²) in [6.07, 6.45) is 4.55. The van der Waals surface area contributed by atoms with E-state index in [9.17, 15) is 9.90 Å². The number of nitrogens with zero attached hydrogens (tertiary/aromatic N) is 2. The normalized spacial score (nSPS) is 24.1. The molecule has 1 aromatic carbocycles. The van der Waals surface area contributed by atoms with Gasteiger partial charge < -0.3 is 9.84 Å². The van der Waals surface area contributed by atoms with Crippen molar-refractivity contribution < 1.29 is 14.6 Å². The van der Waals surface area contributed by atoms with Crippen LogP contribution in [0.4, 0.5) is 0 Å². The van der Waals surface area contributed by atoms with E-state index in [0.717, 1.165) is 13.1 Å². The van der Waals surface area contributed by atoms with Gasteiger partial charge in [0.1, 0.15) is 11.5 Å².